The second kappa shape index (κ2) is 12.1. The van der Waals surface area contributed by atoms with Crippen molar-refractivity contribution in [3.05, 3.63) is 84.2 Å². The highest BCUT2D eigenvalue weighted by Crippen LogP contribution is 2.25. The number of carbonyl (C=O) groups excluding carboxylic acids is 3. The minimum atomic E-state index is -0.941. The van der Waals surface area contributed by atoms with Crippen molar-refractivity contribution in [3.63, 3.8) is 0 Å². The zero-order chi connectivity index (χ0) is 24.5. The first kappa shape index (κ1) is 24.3. The lowest BCUT2D eigenvalue weighted by Gasteiger charge is -2.32. The van der Waals surface area contributed by atoms with Crippen molar-refractivity contribution in [1.82, 2.24) is 15.5 Å². The second-order valence-electron chi connectivity index (χ2n) is 8.74. The first-order valence-corrected chi connectivity index (χ1v) is 12.1. The molecule has 0 aliphatic heterocycles. The van der Waals surface area contributed by atoms with E-state index in [4.69, 9.17) is 8.83 Å². The van der Waals surface area contributed by atoms with Gasteiger partial charge in [0.15, 0.2) is 11.8 Å². The SMILES string of the molecule is O=C(NCC(=O)N(CCc1ccccc1)[C@@H](C(=O)NC1CCCCC1)c1ccco1)c1ccco1. The fourth-order valence-corrected chi connectivity index (χ4v) is 4.44. The lowest BCUT2D eigenvalue weighted by molar-refractivity contribution is -0.141. The summed E-state index contributed by atoms with van der Waals surface area (Å²) in [5.41, 5.74) is 1.04. The highest BCUT2D eigenvalue weighted by Gasteiger charge is 2.34. The molecule has 184 valence electrons. The number of rotatable bonds is 10. The molecule has 0 saturated heterocycles. The van der Waals surface area contributed by atoms with Crippen LogP contribution < -0.4 is 10.6 Å². The molecule has 0 spiro atoms. The van der Waals surface area contributed by atoms with Crippen LogP contribution in [0.4, 0.5) is 0 Å². The van der Waals surface area contributed by atoms with Crippen molar-refractivity contribution >= 4 is 17.7 Å². The molecular weight excluding hydrogens is 446 g/mol. The van der Waals surface area contributed by atoms with E-state index < -0.39 is 11.9 Å². The average molecular weight is 478 g/mol. The van der Waals surface area contributed by atoms with Crippen LogP contribution in [0.15, 0.2) is 76.0 Å². The van der Waals surface area contributed by atoms with Crippen LogP contribution in [-0.4, -0.2) is 41.8 Å². The Morgan fingerprint density at radius 1 is 0.914 bits per heavy atom. The number of carbonyl (C=O) groups is 3. The summed E-state index contributed by atoms with van der Waals surface area (Å²) in [4.78, 5) is 40.8. The Morgan fingerprint density at radius 3 is 2.34 bits per heavy atom. The molecule has 0 bridgehead atoms. The number of nitrogens with zero attached hydrogens (tertiary/aromatic N) is 1. The van der Waals surface area contributed by atoms with Gasteiger partial charge in [-0.3, -0.25) is 14.4 Å². The third kappa shape index (κ3) is 6.62. The fraction of sp³-hybridized carbons (Fsp3) is 0.370. The largest absolute Gasteiger partial charge is 0.467 e. The van der Waals surface area contributed by atoms with Crippen molar-refractivity contribution in [3.8, 4) is 0 Å². The maximum Gasteiger partial charge on any atom is 0.287 e. The first-order chi connectivity index (χ1) is 17.1. The zero-order valence-electron chi connectivity index (χ0n) is 19.7. The third-order valence-corrected chi connectivity index (χ3v) is 6.27. The number of amides is 3. The Balaban J connectivity index is 1.54. The number of hydrogen-bond donors (Lipinski definition) is 2. The third-order valence-electron chi connectivity index (χ3n) is 6.27. The summed E-state index contributed by atoms with van der Waals surface area (Å²) in [6.45, 7) is 0.00512. The van der Waals surface area contributed by atoms with Crippen LogP contribution in [0, 0.1) is 0 Å². The summed E-state index contributed by atoms with van der Waals surface area (Å²) in [5.74, 6) is -0.650. The summed E-state index contributed by atoms with van der Waals surface area (Å²) < 4.78 is 10.7. The van der Waals surface area contributed by atoms with Crippen LogP contribution in [-0.2, 0) is 16.0 Å². The lowest BCUT2D eigenvalue weighted by Crippen LogP contribution is -2.50. The maximum atomic E-state index is 13.5. The molecule has 0 radical (unpaired) electrons. The highest BCUT2D eigenvalue weighted by molar-refractivity contribution is 5.95. The van der Waals surface area contributed by atoms with Gasteiger partial charge in [0.2, 0.25) is 5.91 Å². The Labute approximate surface area is 204 Å². The van der Waals surface area contributed by atoms with Crippen LogP contribution in [0.5, 0.6) is 0 Å². The molecule has 8 heteroatoms. The fourth-order valence-electron chi connectivity index (χ4n) is 4.44. The summed E-state index contributed by atoms with van der Waals surface area (Å²) >= 11 is 0. The zero-order valence-corrected chi connectivity index (χ0v) is 19.7. The van der Waals surface area contributed by atoms with Gasteiger partial charge in [0, 0.05) is 12.6 Å². The van der Waals surface area contributed by atoms with E-state index in [1.165, 1.54) is 29.9 Å². The molecule has 35 heavy (non-hydrogen) atoms. The number of benzene rings is 1. The average Bonchev–Trinajstić information content (AvgIpc) is 3.61. The summed E-state index contributed by atoms with van der Waals surface area (Å²) in [6.07, 6.45) is 8.61. The van der Waals surface area contributed by atoms with Crippen LogP contribution in [0.2, 0.25) is 0 Å². The number of hydrogen-bond acceptors (Lipinski definition) is 5. The molecule has 2 heterocycles. The van der Waals surface area contributed by atoms with Gasteiger partial charge in [-0.2, -0.15) is 0 Å². The highest BCUT2D eigenvalue weighted by atomic mass is 16.3. The summed E-state index contributed by atoms with van der Waals surface area (Å²) in [7, 11) is 0. The molecule has 4 rings (SSSR count). The second-order valence-corrected chi connectivity index (χ2v) is 8.74. The summed E-state index contributed by atoms with van der Waals surface area (Å²) in [6, 6.07) is 15.4. The van der Waals surface area contributed by atoms with Crippen molar-refractivity contribution in [2.24, 2.45) is 0 Å². The molecule has 1 fully saturated rings. The van der Waals surface area contributed by atoms with Gasteiger partial charge in [-0.15, -0.1) is 0 Å². The number of nitrogens with one attached hydrogen (secondary N) is 2. The van der Waals surface area contributed by atoms with Crippen LogP contribution in [0.3, 0.4) is 0 Å². The van der Waals surface area contributed by atoms with Crippen LogP contribution in [0.1, 0.15) is 60.0 Å². The van der Waals surface area contributed by atoms with Crippen molar-refractivity contribution < 1.29 is 23.2 Å². The normalized spacial score (nSPS) is 14.7. The monoisotopic (exact) mass is 477 g/mol. The molecule has 8 nitrogen and oxygen atoms in total. The topological polar surface area (TPSA) is 105 Å². The molecule has 2 aromatic heterocycles. The molecule has 1 aliphatic rings. The van der Waals surface area contributed by atoms with Crippen LogP contribution >= 0.6 is 0 Å². The maximum absolute atomic E-state index is 13.5. The molecule has 0 unspecified atom stereocenters. The Morgan fingerprint density at radius 2 is 1.66 bits per heavy atom. The summed E-state index contributed by atoms with van der Waals surface area (Å²) in [5, 5.41) is 5.73. The minimum absolute atomic E-state index is 0.0819. The molecule has 2 N–H and O–H groups in total. The van der Waals surface area contributed by atoms with E-state index in [-0.39, 0.29) is 36.7 Å². The molecule has 1 atom stereocenters. The smallest absolute Gasteiger partial charge is 0.287 e. The molecule has 3 aromatic rings. The van der Waals surface area contributed by atoms with Crippen molar-refractivity contribution in [1.29, 1.82) is 0 Å². The molecular formula is C27H31N3O5. The van der Waals surface area contributed by atoms with Gasteiger partial charge in [0.25, 0.3) is 11.8 Å². The van der Waals surface area contributed by atoms with E-state index in [9.17, 15) is 14.4 Å². The van der Waals surface area contributed by atoms with Gasteiger partial charge < -0.3 is 24.4 Å². The van der Waals surface area contributed by atoms with Gasteiger partial charge in [-0.25, -0.2) is 0 Å². The quantitative estimate of drug-likeness (QED) is 0.461. The van der Waals surface area contributed by atoms with Gasteiger partial charge in [-0.1, -0.05) is 49.6 Å². The molecule has 1 aliphatic carbocycles. The van der Waals surface area contributed by atoms with Gasteiger partial charge in [0.1, 0.15) is 5.76 Å². The van der Waals surface area contributed by atoms with E-state index in [2.05, 4.69) is 10.6 Å². The van der Waals surface area contributed by atoms with Crippen molar-refractivity contribution in [2.45, 2.75) is 50.6 Å². The van der Waals surface area contributed by atoms with Gasteiger partial charge >= 0.3 is 0 Å². The van der Waals surface area contributed by atoms with Crippen molar-refractivity contribution in [2.75, 3.05) is 13.1 Å². The molecule has 3 amide bonds. The van der Waals surface area contributed by atoms with E-state index in [0.717, 1.165) is 31.2 Å². The predicted octanol–water partition coefficient (Wildman–Crippen LogP) is 3.86. The van der Waals surface area contributed by atoms with Crippen LogP contribution in [0.25, 0.3) is 0 Å². The number of furan rings is 2. The standard InChI is InChI=1S/C27H31N3O5/c31-24(19-28-26(32)23-14-8-18-35-23)30(16-15-20-9-3-1-4-10-20)25(22-13-7-17-34-22)27(33)29-21-11-5-2-6-12-21/h1,3-4,7-10,13-14,17-18,21,25H,2,5-6,11-12,15-16,19H2,(H,28,32)(H,29,33)/t25-/m1/s1. The molecule has 1 aromatic carbocycles. The predicted molar refractivity (Wildman–Crippen MR) is 129 cm³/mol. The van der Waals surface area contributed by atoms with E-state index in [1.54, 1.807) is 18.2 Å². The van der Waals surface area contributed by atoms with E-state index >= 15 is 0 Å². The Kier molecular flexibility index (Phi) is 8.38. The first-order valence-electron chi connectivity index (χ1n) is 12.1. The van der Waals surface area contributed by atoms with Gasteiger partial charge in [-0.05, 0) is 49.1 Å². The minimum Gasteiger partial charge on any atom is -0.467 e. The molecule has 1 saturated carbocycles. The van der Waals surface area contributed by atoms with Gasteiger partial charge in [0.05, 0.1) is 19.1 Å². The van der Waals surface area contributed by atoms with E-state index in [0.29, 0.717) is 12.2 Å². The Bertz CT molecular complexity index is 1070. The van der Waals surface area contributed by atoms with E-state index in [1.807, 2.05) is 30.3 Å². The lowest BCUT2D eigenvalue weighted by atomic mass is 9.95. The Hall–Kier alpha value is -3.81.